The van der Waals surface area contributed by atoms with Crippen LogP contribution in [0.2, 0.25) is 0 Å². The number of nitrogens with one attached hydrogen (secondary N) is 2. The Kier molecular flexibility index (Phi) is 7.12. The van der Waals surface area contributed by atoms with Gasteiger partial charge in [0.1, 0.15) is 11.8 Å². The summed E-state index contributed by atoms with van der Waals surface area (Å²) < 4.78 is 10.0. The molecule has 1 aliphatic heterocycles. The Hall–Kier alpha value is -3.55. The van der Waals surface area contributed by atoms with Gasteiger partial charge in [-0.1, -0.05) is 12.1 Å². The Bertz CT molecular complexity index is 958. The van der Waals surface area contributed by atoms with E-state index < -0.39 is 18.0 Å². The number of fused-ring (bicyclic) bond motifs is 1. The van der Waals surface area contributed by atoms with Gasteiger partial charge in [0.15, 0.2) is 0 Å². The second-order valence-corrected chi connectivity index (χ2v) is 7.20. The van der Waals surface area contributed by atoms with Gasteiger partial charge >= 0.3 is 12.0 Å². The normalized spacial score (nSPS) is 13.2. The van der Waals surface area contributed by atoms with Crippen molar-refractivity contribution >= 4 is 23.6 Å². The van der Waals surface area contributed by atoms with Crippen LogP contribution in [0, 0.1) is 0 Å². The molecule has 164 valence electrons. The Morgan fingerprint density at radius 3 is 2.55 bits per heavy atom. The minimum atomic E-state index is -0.738. The van der Waals surface area contributed by atoms with Crippen LogP contribution in [0.5, 0.6) is 5.75 Å². The number of methoxy groups -OCH3 is 1. The van der Waals surface area contributed by atoms with Crippen LogP contribution in [0.15, 0.2) is 42.5 Å². The molecule has 0 fully saturated rings. The molecule has 0 spiro atoms. The zero-order valence-corrected chi connectivity index (χ0v) is 17.9. The van der Waals surface area contributed by atoms with Gasteiger partial charge < -0.3 is 25.0 Å². The summed E-state index contributed by atoms with van der Waals surface area (Å²) in [4.78, 5) is 38.4. The Morgan fingerprint density at radius 2 is 1.87 bits per heavy atom. The van der Waals surface area contributed by atoms with Crippen LogP contribution >= 0.6 is 0 Å². The standard InChI is InChI=1S/C23H27N3O5/c1-4-31-22(28)15(2)25-23(29)24-14-16-5-6-17-11-12-26(20(17)13-16)21(27)18-7-9-19(30-3)10-8-18/h5-10,13,15H,4,11-12,14H2,1-3H3,(H2,24,25,29)/t15-/m1/s1. The van der Waals surface area contributed by atoms with Crippen molar-refractivity contribution in [1.82, 2.24) is 10.6 Å². The molecule has 2 aromatic carbocycles. The molecule has 8 heteroatoms. The molecule has 0 saturated heterocycles. The summed E-state index contributed by atoms with van der Waals surface area (Å²) in [5.74, 6) is 0.137. The number of nitrogens with zero attached hydrogens (tertiary/aromatic N) is 1. The lowest BCUT2D eigenvalue weighted by molar-refractivity contribution is -0.144. The lowest BCUT2D eigenvalue weighted by Gasteiger charge is -2.19. The van der Waals surface area contributed by atoms with Crippen LogP contribution < -0.4 is 20.3 Å². The quantitative estimate of drug-likeness (QED) is 0.665. The molecule has 3 rings (SSSR count). The summed E-state index contributed by atoms with van der Waals surface area (Å²) in [7, 11) is 1.58. The fraction of sp³-hybridized carbons (Fsp3) is 0.348. The number of hydrogen-bond acceptors (Lipinski definition) is 5. The highest BCUT2D eigenvalue weighted by Gasteiger charge is 2.26. The van der Waals surface area contributed by atoms with E-state index in [4.69, 9.17) is 9.47 Å². The maximum Gasteiger partial charge on any atom is 0.328 e. The molecule has 0 unspecified atom stereocenters. The predicted octanol–water partition coefficient (Wildman–Crippen LogP) is 2.65. The number of carbonyl (C=O) groups excluding carboxylic acids is 3. The van der Waals surface area contributed by atoms with Gasteiger partial charge in [0.05, 0.1) is 13.7 Å². The SMILES string of the molecule is CCOC(=O)[C@@H](C)NC(=O)NCc1ccc2c(c1)N(C(=O)c1ccc(OC)cc1)CC2. The number of ether oxygens (including phenoxy) is 2. The first-order valence-electron chi connectivity index (χ1n) is 10.2. The molecule has 1 heterocycles. The van der Waals surface area contributed by atoms with Crippen molar-refractivity contribution in [3.8, 4) is 5.75 Å². The van der Waals surface area contributed by atoms with Crippen molar-refractivity contribution in [2.75, 3.05) is 25.2 Å². The lowest BCUT2D eigenvalue weighted by atomic mass is 10.1. The zero-order valence-electron chi connectivity index (χ0n) is 17.9. The van der Waals surface area contributed by atoms with Crippen molar-refractivity contribution in [3.63, 3.8) is 0 Å². The van der Waals surface area contributed by atoms with Gasteiger partial charge in [-0.05, 0) is 61.7 Å². The van der Waals surface area contributed by atoms with E-state index in [-0.39, 0.29) is 19.1 Å². The van der Waals surface area contributed by atoms with E-state index in [9.17, 15) is 14.4 Å². The van der Waals surface area contributed by atoms with Crippen molar-refractivity contribution in [2.45, 2.75) is 32.9 Å². The molecule has 1 atom stereocenters. The van der Waals surface area contributed by atoms with E-state index in [2.05, 4.69) is 10.6 Å². The maximum absolute atomic E-state index is 13.0. The Morgan fingerprint density at radius 1 is 1.13 bits per heavy atom. The average Bonchev–Trinajstić information content (AvgIpc) is 3.20. The van der Waals surface area contributed by atoms with Crippen LogP contribution in [0.4, 0.5) is 10.5 Å². The Labute approximate surface area is 181 Å². The number of carbonyl (C=O) groups is 3. The smallest absolute Gasteiger partial charge is 0.328 e. The van der Waals surface area contributed by atoms with E-state index in [1.54, 1.807) is 50.1 Å². The van der Waals surface area contributed by atoms with E-state index >= 15 is 0 Å². The first-order valence-corrected chi connectivity index (χ1v) is 10.2. The van der Waals surface area contributed by atoms with Gasteiger partial charge in [0.25, 0.3) is 5.91 Å². The molecule has 31 heavy (non-hydrogen) atoms. The highest BCUT2D eigenvalue weighted by molar-refractivity contribution is 6.07. The van der Waals surface area contributed by atoms with Crippen LogP contribution in [0.1, 0.15) is 35.3 Å². The van der Waals surface area contributed by atoms with E-state index in [0.717, 1.165) is 23.2 Å². The zero-order chi connectivity index (χ0) is 22.4. The minimum Gasteiger partial charge on any atom is -0.497 e. The molecule has 1 aliphatic rings. The summed E-state index contributed by atoms with van der Waals surface area (Å²) in [5.41, 5.74) is 3.38. The van der Waals surface area contributed by atoms with Crippen molar-refractivity contribution < 1.29 is 23.9 Å². The second-order valence-electron chi connectivity index (χ2n) is 7.20. The molecule has 2 aromatic rings. The molecule has 0 aromatic heterocycles. The number of hydrogen-bond donors (Lipinski definition) is 2. The van der Waals surface area contributed by atoms with Gasteiger partial charge in [0, 0.05) is 24.3 Å². The molecule has 0 bridgehead atoms. The monoisotopic (exact) mass is 425 g/mol. The third kappa shape index (κ3) is 5.33. The van der Waals surface area contributed by atoms with Gasteiger partial charge in [-0.3, -0.25) is 4.79 Å². The molecular weight excluding hydrogens is 398 g/mol. The Balaban J connectivity index is 1.63. The number of urea groups is 1. The third-order valence-corrected chi connectivity index (χ3v) is 5.07. The first-order chi connectivity index (χ1) is 14.9. The van der Waals surface area contributed by atoms with Crippen LogP contribution in [-0.2, 0) is 22.5 Å². The summed E-state index contributed by atoms with van der Waals surface area (Å²) in [6, 6.07) is 11.6. The summed E-state index contributed by atoms with van der Waals surface area (Å²) in [6.45, 7) is 4.40. The largest absolute Gasteiger partial charge is 0.497 e. The van der Waals surface area contributed by atoms with Crippen molar-refractivity contribution in [1.29, 1.82) is 0 Å². The van der Waals surface area contributed by atoms with E-state index in [0.29, 0.717) is 17.9 Å². The summed E-state index contributed by atoms with van der Waals surface area (Å²) in [6.07, 6.45) is 0.780. The molecule has 2 N–H and O–H groups in total. The molecule has 3 amide bonds. The number of anilines is 1. The second kappa shape index (κ2) is 9.97. The van der Waals surface area contributed by atoms with Crippen LogP contribution in [-0.4, -0.2) is 44.2 Å². The maximum atomic E-state index is 13.0. The topological polar surface area (TPSA) is 97.0 Å². The fourth-order valence-electron chi connectivity index (χ4n) is 3.39. The van der Waals surface area contributed by atoms with Gasteiger partial charge in [0.2, 0.25) is 0 Å². The summed E-state index contributed by atoms with van der Waals surface area (Å²) in [5, 5.41) is 5.28. The predicted molar refractivity (Wildman–Crippen MR) is 116 cm³/mol. The minimum absolute atomic E-state index is 0.0764. The molecule has 0 saturated carbocycles. The molecule has 8 nitrogen and oxygen atoms in total. The van der Waals surface area contributed by atoms with Crippen molar-refractivity contribution in [3.05, 3.63) is 59.2 Å². The van der Waals surface area contributed by atoms with Gasteiger partial charge in [-0.2, -0.15) is 0 Å². The highest BCUT2D eigenvalue weighted by Crippen LogP contribution is 2.30. The fourth-order valence-corrected chi connectivity index (χ4v) is 3.39. The third-order valence-electron chi connectivity index (χ3n) is 5.07. The van der Waals surface area contributed by atoms with Crippen molar-refractivity contribution in [2.24, 2.45) is 0 Å². The van der Waals surface area contributed by atoms with Crippen LogP contribution in [0.25, 0.3) is 0 Å². The van der Waals surface area contributed by atoms with Gasteiger partial charge in [-0.25, -0.2) is 9.59 Å². The number of benzene rings is 2. The highest BCUT2D eigenvalue weighted by atomic mass is 16.5. The van der Waals surface area contributed by atoms with E-state index in [1.807, 2.05) is 18.2 Å². The van der Waals surface area contributed by atoms with Crippen LogP contribution in [0.3, 0.4) is 0 Å². The molecule has 0 aliphatic carbocycles. The molecule has 0 radical (unpaired) electrons. The molecular formula is C23H27N3O5. The van der Waals surface area contributed by atoms with Gasteiger partial charge in [-0.15, -0.1) is 0 Å². The first kappa shape index (κ1) is 22.1. The number of esters is 1. The average molecular weight is 425 g/mol. The number of amides is 3. The van der Waals surface area contributed by atoms with E-state index in [1.165, 1.54) is 0 Å². The summed E-state index contributed by atoms with van der Waals surface area (Å²) >= 11 is 0. The lowest BCUT2D eigenvalue weighted by Crippen LogP contribution is -2.44. The number of rotatable bonds is 7.